The van der Waals surface area contributed by atoms with Crippen LogP contribution in [0.15, 0.2) is 17.5 Å². The van der Waals surface area contributed by atoms with E-state index >= 15 is 0 Å². The van der Waals surface area contributed by atoms with Crippen LogP contribution in [0.3, 0.4) is 0 Å². The van der Waals surface area contributed by atoms with Crippen LogP contribution in [0.25, 0.3) is 0 Å². The third kappa shape index (κ3) is 3.00. The molecule has 2 aliphatic carbocycles. The highest BCUT2D eigenvalue weighted by Gasteiger charge is 2.48. The first-order chi connectivity index (χ1) is 9.28. The van der Waals surface area contributed by atoms with Gasteiger partial charge < -0.3 is 9.64 Å². The molecule has 0 bridgehead atoms. The molecule has 0 aromatic carbocycles. The van der Waals surface area contributed by atoms with Crippen molar-refractivity contribution in [2.24, 2.45) is 17.8 Å². The van der Waals surface area contributed by atoms with Crippen LogP contribution in [-0.4, -0.2) is 31.1 Å². The van der Waals surface area contributed by atoms with Gasteiger partial charge in [-0.3, -0.25) is 4.79 Å². The first-order valence-corrected chi connectivity index (χ1v) is 7.96. The van der Waals surface area contributed by atoms with Gasteiger partial charge in [0.05, 0.1) is 13.2 Å². The minimum Gasteiger partial charge on any atom is -0.383 e. The third-order valence-electron chi connectivity index (χ3n) is 4.40. The van der Waals surface area contributed by atoms with Gasteiger partial charge in [0.1, 0.15) is 0 Å². The van der Waals surface area contributed by atoms with E-state index in [-0.39, 0.29) is 5.92 Å². The van der Waals surface area contributed by atoms with Crippen molar-refractivity contribution >= 4 is 17.2 Å². The van der Waals surface area contributed by atoms with Gasteiger partial charge in [-0.1, -0.05) is 6.07 Å². The van der Waals surface area contributed by atoms with Gasteiger partial charge in [-0.2, -0.15) is 0 Å². The summed E-state index contributed by atoms with van der Waals surface area (Å²) in [7, 11) is 1.69. The lowest BCUT2D eigenvalue weighted by Gasteiger charge is -2.25. The average Bonchev–Trinajstić information content (AvgIpc) is 2.85. The molecule has 0 saturated heterocycles. The highest BCUT2D eigenvalue weighted by molar-refractivity contribution is 7.09. The monoisotopic (exact) mass is 279 g/mol. The van der Waals surface area contributed by atoms with Crippen LogP contribution >= 0.6 is 11.3 Å². The molecule has 2 atom stereocenters. The number of carbonyl (C=O) groups excluding carboxylic acids is 1. The maximum absolute atomic E-state index is 12.6. The summed E-state index contributed by atoms with van der Waals surface area (Å²) in [6, 6.07) is 4.15. The van der Waals surface area contributed by atoms with Gasteiger partial charge in [0.15, 0.2) is 0 Å². The lowest BCUT2D eigenvalue weighted by molar-refractivity contribution is -0.136. The fourth-order valence-corrected chi connectivity index (χ4v) is 3.95. The molecule has 1 aromatic heterocycles. The lowest BCUT2D eigenvalue weighted by Crippen LogP contribution is -2.37. The molecule has 1 heterocycles. The summed E-state index contributed by atoms with van der Waals surface area (Å²) in [6.45, 7) is 2.07. The number of hydrogen-bond acceptors (Lipinski definition) is 3. The molecule has 3 nitrogen and oxygen atoms in total. The van der Waals surface area contributed by atoms with Crippen LogP contribution in [0.4, 0.5) is 0 Å². The van der Waals surface area contributed by atoms with E-state index in [0.717, 1.165) is 31.2 Å². The Hall–Kier alpha value is -0.870. The number of methoxy groups -OCH3 is 1. The number of carbonyl (C=O) groups is 1. The molecule has 1 amide bonds. The predicted octanol–water partition coefficient (Wildman–Crippen LogP) is 2.77. The van der Waals surface area contributed by atoms with E-state index < -0.39 is 0 Å². The lowest BCUT2D eigenvalue weighted by atomic mass is 10.0. The van der Waals surface area contributed by atoms with E-state index in [4.69, 9.17) is 4.74 Å². The Morgan fingerprint density at radius 1 is 1.42 bits per heavy atom. The largest absolute Gasteiger partial charge is 0.383 e. The molecule has 19 heavy (non-hydrogen) atoms. The molecular weight excluding hydrogens is 258 g/mol. The summed E-state index contributed by atoms with van der Waals surface area (Å²) in [5.74, 6) is 2.35. The second kappa shape index (κ2) is 5.63. The van der Waals surface area contributed by atoms with Gasteiger partial charge in [0, 0.05) is 24.4 Å². The zero-order valence-corrected chi connectivity index (χ0v) is 12.2. The normalized spacial score (nSPS) is 28.2. The van der Waals surface area contributed by atoms with E-state index in [2.05, 4.69) is 11.4 Å². The zero-order chi connectivity index (χ0) is 13.2. The number of nitrogens with zero attached hydrogens (tertiary/aromatic N) is 1. The zero-order valence-electron chi connectivity index (χ0n) is 11.4. The summed E-state index contributed by atoms with van der Waals surface area (Å²) >= 11 is 1.72. The van der Waals surface area contributed by atoms with Crippen molar-refractivity contribution in [3.8, 4) is 0 Å². The molecule has 0 spiro atoms. The molecule has 2 unspecified atom stereocenters. The molecule has 1 aromatic rings. The summed E-state index contributed by atoms with van der Waals surface area (Å²) in [5, 5.41) is 2.07. The number of fused-ring (bicyclic) bond motifs is 1. The Kier molecular flexibility index (Phi) is 3.89. The number of hydrogen-bond donors (Lipinski definition) is 0. The summed E-state index contributed by atoms with van der Waals surface area (Å²) in [6.07, 6.45) is 3.61. The van der Waals surface area contributed by atoms with E-state index in [1.807, 2.05) is 11.0 Å². The molecule has 0 aliphatic heterocycles. The fourth-order valence-electron chi connectivity index (χ4n) is 3.23. The Bertz CT molecular complexity index is 421. The van der Waals surface area contributed by atoms with Crippen LogP contribution in [0.1, 0.15) is 24.1 Å². The highest BCUT2D eigenvalue weighted by Crippen LogP contribution is 2.54. The Morgan fingerprint density at radius 2 is 2.21 bits per heavy atom. The fraction of sp³-hybridized carbons (Fsp3) is 0.667. The van der Waals surface area contributed by atoms with Gasteiger partial charge >= 0.3 is 0 Å². The Morgan fingerprint density at radius 3 is 2.84 bits per heavy atom. The van der Waals surface area contributed by atoms with Crippen molar-refractivity contribution < 1.29 is 9.53 Å². The maximum Gasteiger partial charge on any atom is 0.226 e. The molecule has 2 saturated carbocycles. The van der Waals surface area contributed by atoms with Crippen molar-refractivity contribution in [2.45, 2.75) is 25.8 Å². The number of ether oxygens (including phenoxy) is 1. The minimum atomic E-state index is 0.278. The number of amides is 1. The summed E-state index contributed by atoms with van der Waals surface area (Å²) in [4.78, 5) is 15.9. The second-order valence-corrected chi connectivity index (χ2v) is 6.79. The predicted molar refractivity (Wildman–Crippen MR) is 75.9 cm³/mol. The summed E-state index contributed by atoms with van der Waals surface area (Å²) in [5.41, 5.74) is 0. The van der Waals surface area contributed by atoms with Gasteiger partial charge in [-0.15, -0.1) is 11.3 Å². The Labute approximate surface area is 118 Å². The highest BCUT2D eigenvalue weighted by atomic mass is 32.1. The van der Waals surface area contributed by atoms with E-state index in [9.17, 15) is 4.79 Å². The second-order valence-electron chi connectivity index (χ2n) is 5.76. The van der Waals surface area contributed by atoms with Crippen LogP contribution in [-0.2, 0) is 16.1 Å². The molecular formula is C15H21NO2S. The first-order valence-electron chi connectivity index (χ1n) is 7.08. The smallest absolute Gasteiger partial charge is 0.226 e. The topological polar surface area (TPSA) is 29.5 Å². The average molecular weight is 279 g/mol. The third-order valence-corrected chi connectivity index (χ3v) is 5.26. The van der Waals surface area contributed by atoms with Crippen LogP contribution in [0.2, 0.25) is 0 Å². The van der Waals surface area contributed by atoms with Crippen LogP contribution < -0.4 is 0 Å². The summed E-state index contributed by atoms with van der Waals surface area (Å²) < 4.78 is 5.14. The Balaban J connectivity index is 1.61. The van der Waals surface area contributed by atoms with Gasteiger partial charge in [0.25, 0.3) is 0 Å². The minimum absolute atomic E-state index is 0.278. The molecule has 2 fully saturated rings. The molecule has 3 rings (SSSR count). The molecule has 4 heteroatoms. The van der Waals surface area contributed by atoms with Gasteiger partial charge in [-0.05, 0) is 42.5 Å². The van der Waals surface area contributed by atoms with Crippen LogP contribution in [0, 0.1) is 17.8 Å². The molecule has 104 valence electrons. The molecule has 2 aliphatic rings. The van der Waals surface area contributed by atoms with Gasteiger partial charge in [-0.25, -0.2) is 0 Å². The van der Waals surface area contributed by atoms with Crippen molar-refractivity contribution in [1.82, 2.24) is 4.90 Å². The molecule has 0 N–H and O–H groups in total. The van der Waals surface area contributed by atoms with Crippen molar-refractivity contribution in [3.05, 3.63) is 22.4 Å². The number of rotatable bonds is 6. The maximum atomic E-state index is 12.6. The van der Waals surface area contributed by atoms with E-state index in [1.54, 1.807) is 18.4 Å². The molecule has 0 radical (unpaired) electrons. The van der Waals surface area contributed by atoms with Gasteiger partial charge in [0.2, 0.25) is 5.91 Å². The van der Waals surface area contributed by atoms with Crippen molar-refractivity contribution in [2.75, 3.05) is 20.3 Å². The van der Waals surface area contributed by atoms with E-state index in [0.29, 0.717) is 19.1 Å². The standard InChI is InChI=1S/C15H21NO2S/c1-18-5-4-16(10-14-3-2-6-19-14)15(17)13-8-11-7-12(11)9-13/h2-3,6,11-13H,4-5,7-10H2,1H3. The van der Waals surface area contributed by atoms with E-state index in [1.165, 1.54) is 11.3 Å². The first kappa shape index (κ1) is 13.1. The SMILES string of the molecule is COCCN(Cc1cccs1)C(=O)C1CC2CC2C1. The quantitative estimate of drug-likeness (QED) is 0.801. The van der Waals surface area contributed by atoms with Crippen molar-refractivity contribution in [1.29, 1.82) is 0 Å². The van der Waals surface area contributed by atoms with Crippen molar-refractivity contribution in [3.63, 3.8) is 0 Å². The van der Waals surface area contributed by atoms with Crippen LogP contribution in [0.5, 0.6) is 0 Å². The number of thiophene rings is 1.